The topological polar surface area (TPSA) is 36.1 Å². The lowest BCUT2D eigenvalue weighted by molar-refractivity contribution is 0.0725. The number of rotatable bonds is 4. The summed E-state index contributed by atoms with van der Waals surface area (Å²) in [5, 5.41) is 0.464. The summed E-state index contributed by atoms with van der Waals surface area (Å²) >= 11 is 0. The SMILES string of the molecule is O=C(c1cc2c(F)cccc2[nH]1)N(Cc1ccccc1)C1CC1. The molecule has 0 saturated heterocycles. The van der Waals surface area contributed by atoms with E-state index in [-0.39, 0.29) is 11.7 Å². The summed E-state index contributed by atoms with van der Waals surface area (Å²) < 4.78 is 13.8. The summed E-state index contributed by atoms with van der Waals surface area (Å²) in [6, 6.07) is 16.7. The van der Waals surface area contributed by atoms with Gasteiger partial charge in [-0.05, 0) is 36.6 Å². The maximum absolute atomic E-state index is 13.8. The largest absolute Gasteiger partial charge is 0.350 e. The second-order valence-corrected chi connectivity index (χ2v) is 6.03. The number of halogens is 1. The third-order valence-corrected chi connectivity index (χ3v) is 4.29. The Morgan fingerprint density at radius 3 is 2.61 bits per heavy atom. The molecular formula is C19H17FN2O. The number of benzene rings is 2. The number of nitrogens with one attached hydrogen (secondary N) is 1. The molecule has 0 spiro atoms. The van der Waals surface area contributed by atoms with E-state index in [0.717, 1.165) is 18.4 Å². The Balaban J connectivity index is 1.65. The maximum Gasteiger partial charge on any atom is 0.270 e. The zero-order valence-corrected chi connectivity index (χ0v) is 12.6. The van der Waals surface area contributed by atoms with E-state index < -0.39 is 0 Å². The molecule has 4 heteroatoms. The van der Waals surface area contributed by atoms with Crippen LogP contribution in [0.5, 0.6) is 0 Å². The molecule has 2 aromatic carbocycles. The molecular weight excluding hydrogens is 291 g/mol. The lowest BCUT2D eigenvalue weighted by Gasteiger charge is -2.22. The molecule has 0 aliphatic heterocycles. The fourth-order valence-electron chi connectivity index (χ4n) is 2.92. The molecule has 1 aliphatic rings. The molecule has 1 amide bonds. The molecule has 1 N–H and O–H groups in total. The van der Waals surface area contributed by atoms with Crippen LogP contribution in [-0.4, -0.2) is 21.8 Å². The number of hydrogen-bond acceptors (Lipinski definition) is 1. The molecule has 0 radical (unpaired) electrons. The average molecular weight is 308 g/mol. The van der Waals surface area contributed by atoms with Gasteiger partial charge in [-0.25, -0.2) is 4.39 Å². The quantitative estimate of drug-likeness (QED) is 0.773. The molecule has 1 heterocycles. The molecule has 0 unspecified atom stereocenters. The van der Waals surface area contributed by atoms with E-state index in [2.05, 4.69) is 4.98 Å². The number of aromatic nitrogens is 1. The Hall–Kier alpha value is -2.62. The lowest BCUT2D eigenvalue weighted by Crippen LogP contribution is -2.32. The molecule has 1 saturated carbocycles. The average Bonchev–Trinajstić information content (AvgIpc) is 3.31. The highest BCUT2D eigenvalue weighted by molar-refractivity contribution is 5.98. The van der Waals surface area contributed by atoms with Gasteiger partial charge in [0.1, 0.15) is 11.5 Å². The van der Waals surface area contributed by atoms with Crippen LogP contribution in [0.4, 0.5) is 4.39 Å². The van der Waals surface area contributed by atoms with Gasteiger partial charge in [0.05, 0.1) is 0 Å². The van der Waals surface area contributed by atoms with Crippen LogP contribution < -0.4 is 0 Å². The third kappa shape index (κ3) is 2.72. The third-order valence-electron chi connectivity index (χ3n) is 4.29. The van der Waals surface area contributed by atoms with Gasteiger partial charge in [-0.1, -0.05) is 36.4 Å². The smallest absolute Gasteiger partial charge is 0.270 e. The normalized spacial score (nSPS) is 14.1. The van der Waals surface area contributed by atoms with Gasteiger partial charge < -0.3 is 9.88 Å². The molecule has 1 aromatic heterocycles. The Morgan fingerprint density at radius 2 is 1.91 bits per heavy atom. The van der Waals surface area contributed by atoms with E-state index >= 15 is 0 Å². The van der Waals surface area contributed by atoms with Crippen molar-refractivity contribution >= 4 is 16.8 Å². The number of amides is 1. The number of hydrogen-bond donors (Lipinski definition) is 1. The molecule has 1 fully saturated rings. The number of carbonyl (C=O) groups excluding carboxylic acids is 1. The summed E-state index contributed by atoms with van der Waals surface area (Å²) in [5.74, 6) is -0.370. The number of aromatic amines is 1. The standard InChI is InChI=1S/C19H17FN2O/c20-16-7-4-8-17-15(16)11-18(21-17)19(23)22(14-9-10-14)12-13-5-2-1-3-6-13/h1-8,11,14,21H,9-10,12H2. The minimum Gasteiger partial charge on any atom is -0.350 e. The van der Waals surface area contributed by atoms with E-state index in [9.17, 15) is 9.18 Å². The van der Waals surface area contributed by atoms with Crippen molar-refractivity contribution < 1.29 is 9.18 Å². The highest BCUT2D eigenvalue weighted by atomic mass is 19.1. The van der Waals surface area contributed by atoms with Gasteiger partial charge in [0.15, 0.2) is 0 Å². The Kier molecular flexibility index (Phi) is 3.37. The van der Waals surface area contributed by atoms with Crippen molar-refractivity contribution in [1.29, 1.82) is 0 Å². The minimum absolute atomic E-state index is 0.0630. The van der Waals surface area contributed by atoms with Crippen LogP contribution in [0.15, 0.2) is 54.6 Å². The number of H-pyrrole nitrogens is 1. The minimum atomic E-state index is -0.307. The second kappa shape index (κ2) is 5.54. The van der Waals surface area contributed by atoms with Crippen molar-refractivity contribution in [3.63, 3.8) is 0 Å². The zero-order chi connectivity index (χ0) is 15.8. The van der Waals surface area contributed by atoms with E-state index in [4.69, 9.17) is 0 Å². The van der Waals surface area contributed by atoms with Crippen molar-refractivity contribution in [2.45, 2.75) is 25.4 Å². The van der Waals surface area contributed by atoms with Gasteiger partial charge in [0.25, 0.3) is 5.91 Å². The van der Waals surface area contributed by atoms with Gasteiger partial charge in [0.2, 0.25) is 0 Å². The molecule has 0 bridgehead atoms. The van der Waals surface area contributed by atoms with Crippen molar-refractivity contribution in [2.24, 2.45) is 0 Å². The van der Waals surface area contributed by atoms with Gasteiger partial charge in [-0.3, -0.25) is 4.79 Å². The Morgan fingerprint density at radius 1 is 1.13 bits per heavy atom. The first-order valence-electron chi connectivity index (χ1n) is 7.84. The summed E-state index contributed by atoms with van der Waals surface area (Å²) in [4.78, 5) is 17.8. The van der Waals surface area contributed by atoms with Crippen molar-refractivity contribution in [3.05, 3.63) is 71.7 Å². The molecule has 23 heavy (non-hydrogen) atoms. The molecule has 0 atom stereocenters. The fraction of sp³-hybridized carbons (Fsp3) is 0.211. The first kappa shape index (κ1) is 14.0. The lowest BCUT2D eigenvalue weighted by atomic mass is 10.2. The first-order valence-corrected chi connectivity index (χ1v) is 7.84. The first-order chi connectivity index (χ1) is 11.2. The van der Waals surface area contributed by atoms with Crippen LogP contribution in [0.1, 0.15) is 28.9 Å². The summed E-state index contributed by atoms with van der Waals surface area (Å²) in [7, 11) is 0. The molecule has 4 rings (SSSR count). The second-order valence-electron chi connectivity index (χ2n) is 6.03. The van der Waals surface area contributed by atoms with Gasteiger partial charge in [-0.2, -0.15) is 0 Å². The molecule has 3 aromatic rings. The summed E-state index contributed by atoms with van der Waals surface area (Å²) in [6.45, 7) is 0.586. The molecule has 1 aliphatic carbocycles. The van der Waals surface area contributed by atoms with Crippen LogP contribution >= 0.6 is 0 Å². The van der Waals surface area contributed by atoms with Crippen LogP contribution in [0, 0.1) is 5.82 Å². The zero-order valence-electron chi connectivity index (χ0n) is 12.6. The van der Waals surface area contributed by atoms with E-state index in [1.165, 1.54) is 6.07 Å². The van der Waals surface area contributed by atoms with Crippen LogP contribution in [0.2, 0.25) is 0 Å². The number of fused-ring (bicyclic) bond motifs is 1. The van der Waals surface area contributed by atoms with Crippen molar-refractivity contribution in [3.8, 4) is 0 Å². The number of carbonyl (C=O) groups is 1. The maximum atomic E-state index is 13.8. The highest BCUT2D eigenvalue weighted by Gasteiger charge is 2.33. The fourth-order valence-corrected chi connectivity index (χ4v) is 2.92. The predicted octanol–water partition coefficient (Wildman–Crippen LogP) is 4.11. The monoisotopic (exact) mass is 308 g/mol. The van der Waals surface area contributed by atoms with Gasteiger partial charge >= 0.3 is 0 Å². The van der Waals surface area contributed by atoms with Gasteiger partial charge in [0, 0.05) is 23.5 Å². The number of nitrogens with zero attached hydrogens (tertiary/aromatic N) is 1. The van der Waals surface area contributed by atoms with Crippen LogP contribution in [0.25, 0.3) is 10.9 Å². The van der Waals surface area contributed by atoms with Crippen LogP contribution in [0.3, 0.4) is 0 Å². The Bertz CT molecular complexity index is 852. The van der Waals surface area contributed by atoms with E-state index in [1.807, 2.05) is 35.2 Å². The molecule has 116 valence electrons. The van der Waals surface area contributed by atoms with Crippen LogP contribution in [-0.2, 0) is 6.54 Å². The highest BCUT2D eigenvalue weighted by Crippen LogP contribution is 2.30. The molecule has 3 nitrogen and oxygen atoms in total. The van der Waals surface area contributed by atoms with Gasteiger partial charge in [-0.15, -0.1) is 0 Å². The predicted molar refractivity (Wildman–Crippen MR) is 87.6 cm³/mol. The van der Waals surface area contributed by atoms with E-state index in [1.54, 1.807) is 18.2 Å². The summed E-state index contributed by atoms with van der Waals surface area (Å²) in [5.41, 5.74) is 2.21. The van der Waals surface area contributed by atoms with Crippen molar-refractivity contribution in [1.82, 2.24) is 9.88 Å². The van der Waals surface area contributed by atoms with E-state index in [0.29, 0.717) is 29.2 Å². The van der Waals surface area contributed by atoms with Crippen molar-refractivity contribution in [2.75, 3.05) is 0 Å². The Labute approximate surface area is 133 Å². The summed E-state index contributed by atoms with van der Waals surface area (Å²) in [6.07, 6.45) is 2.07.